The molecule has 0 aliphatic carbocycles. The summed E-state index contributed by atoms with van der Waals surface area (Å²) >= 11 is 0. The Hall–Kier alpha value is -1.15. The van der Waals surface area contributed by atoms with Gasteiger partial charge in [0, 0.05) is 19.0 Å². The smallest absolute Gasteiger partial charge is 0.220 e. The predicted octanol–water partition coefficient (Wildman–Crippen LogP) is 2.33. The zero-order valence-electron chi connectivity index (χ0n) is 16.2. The van der Waals surface area contributed by atoms with Gasteiger partial charge in [0.25, 0.3) is 0 Å². The van der Waals surface area contributed by atoms with Crippen molar-refractivity contribution < 1.29 is 13.2 Å². The van der Waals surface area contributed by atoms with Gasteiger partial charge in [-0.2, -0.15) is 0 Å². The third-order valence-corrected chi connectivity index (χ3v) is 6.07. The number of rotatable bonds is 9. The Morgan fingerprint density at radius 1 is 1.15 bits per heavy atom. The molecule has 1 aromatic carbocycles. The maximum Gasteiger partial charge on any atom is 0.220 e. The molecule has 8 heteroatoms. The molecular formula is C19H32ClN3O3S. The first kappa shape index (κ1) is 23.9. The molecule has 0 atom stereocenters. The molecule has 0 aromatic heterocycles. The number of sulfonamides is 1. The summed E-state index contributed by atoms with van der Waals surface area (Å²) in [5.74, 6) is 0.702. The Morgan fingerprint density at radius 2 is 1.74 bits per heavy atom. The third kappa shape index (κ3) is 9.55. The molecule has 154 valence electrons. The van der Waals surface area contributed by atoms with E-state index >= 15 is 0 Å². The number of carbonyl (C=O) groups is 1. The fourth-order valence-electron chi connectivity index (χ4n) is 3.17. The van der Waals surface area contributed by atoms with Gasteiger partial charge in [-0.25, -0.2) is 13.1 Å². The molecule has 1 saturated heterocycles. The summed E-state index contributed by atoms with van der Waals surface area (Å²) in [4.78, 5) is 12.0. The molecule has 27 heavy (non-hydrogen) atoms. The Bertz CT molecular complexity index is 672. The Morgan fingerprint density at radius 3 is 2.33 bits per heavy atom. The SMILES string of the molecule is CC(C)NS(=O)(=O)Cc1ccc(CNC(=O)CCC2CCNCC2)cc1.Cl. The van der Waals surface area contributed by atoms with Crippen LogP contribution in [0.1, 0.15) is 50.7 Å². The van der Waals surface area contributed by atoms with E-state index in [2.05, 4.69) is 15.4 Å². The van der Waals surface area contributed by atoms with Crippen molar-refractivity contribution in [1.29, 1.82) is 0 Å². The van der Waals surface area contributed by atoms with Gasteiger partial charge in [-0.15, -0.1) is 12.4 Å². The number of carbonyl (C=O) groups excluding carboxylic acids is 1. The van der Waals surface area contributed by atoms with Crippen LogP contribution >= 0.6 is 12.4 Å². The lowest BCUT2D eigenvalue weighted by atomic mass is 9.93. The van der Waals surface area contributed by atoms with Crippen LogP contribution in [0.15, 0.2) is 24.3 Å². The van der Waals surface area contributed by atoms with Gasteiger partial charge >= 0.3 is 0 Å². The van der Waals surface area contributed by atoms with Gasteiger partial charge < -0.3 is 10.6 Å². The molecule has 3 N–H and O–H groups in total. The van der Waals surface area contributed by atoms with E-state index in [0.29, 0.717) is 18.9 Å². The van der Waals surface area contributed by atoms with Crippen molar-refractivity contribution in [3.05, 3.63) is 35.4 Å². The number of piperidine rings is 1. The van der Waals surface area contributed by atoms with Crippen LogP contribution in [0.3, 0.4) is 0 Å². The van der Waals surface area contributed by atoms with Crippen LogP contribution in [0.4, 0.5) is 0 Å². The molecule has 1 aromatic rings. The van der Waals surface area contributed by atoms with Crippen molar-refractivity contribution in [2.75, 3.05) is 13.1 Å². The van der Waals surface area contributed by atoms with Crippen molar-refractivity contribution >= 4 is 28.3 Å². The number of halogens is 1. The van der Waals surface area contributed by atoms with Crippen LogP contribution < -0.4 is 15.4 Å². The fraction of sp³-hybridized carbons (Fsp3) is 0.632. The average molecular weight is 418 g/mol. The molecule has 2 rings (SSSR count). The largest absolute Gasteiger partial charge is 0.352 e. The molecule has 0 radical (unpaired) electrons. The summed E-state index contributed by atoms with van der Waals surface area (Å²) in [7, 11) is -3.31. The van der Waals surface area contributed by atoms with Crippen molar-refractivity contribution in [2.24, 2.45) is 5.92 Å². The third-order valence-electron chi connectivity index (χ3n) is 4.52. The minimum atomic E-state index is -3.31. The van der Waals surface area contributed by atoms with Crippen LogP contribution in [0.5, 0.6) is 0 Å². The van der Waals surface area contributed by atoms with E-state index in [1.165, 1.54) is 0 Å². The summed E-state index contributed by atoms with van der Waals surface area (Å²) in [5.41, 5.74) is 1.71. The van der Waals surface area contributed by atoms with Gasteiger partial charge in [-0.05, 0) is 63.2 Å². The average Bonchev–Trinajstić information content (AvgIpc) is 2.59. The fourth-order valence-corrected chi connectivity index (χ4v) is 4.60. The van der Waals surface area contributed by atoms with E-state index in [0.717, 1.165) is 43.5 Å². The zero-order valence-corrected chi connectivity index (χ0v) is 17.8. The standard InChI is InChI=1S/C19H31N3O3S.ClH/c1-15(2)22-26(24,25)14-18-5-3-17(4-6-18)13-21-19(23)8-7-16-9-11-20-12-10-16;/h3-6,15-16,20,22H,7-14H2,1-2H3,(H,21,23);1H. The number of amides is 1. The summed E-state index contributed by atoms with van der Waals surface area (Å²) in [5, 5.41) is 6.28. The molecule has 1 aliphatic rings. The maximum atomic E-state index is 12.0. The summed E-state index contributed by atoms with van der Waals surface area (Å²) < 4.78 is 26.5. The van der Waals surface area contributed by atoms with Crippen molar-refractivity contribution in [1.82, 2.24) is 15.4 Å². The van der Waals surface area contributed by atoms with Crippen molar-refractivity contribution in [2.45, 2.75) is 57.9 Å². The second-order valence-electron chi connectivity index (χ2n) is 7.36. The molecule has 0 bridgehead atoms. The quantitative estimate of drug-likeness (QED) is 0.575. The number of nitrogens with one attached hydrogen (secondary N) is 3. The van der Waals surface area contributed by atoms with Gasteiger partial charge in [0.1, 0.15) is 0 Å². The lowest BCUT2D eigenvalue weighted by molar-refractivity contribution is -0.121. The highest BCUT2D eigenvalue weighted by Crippen LogP contribution is 2.17. The number of benzene rings is 1. The Labute approximate surface area is 169 Å². The van der Waals surface area contributed by atoms with Crippen molar-refractivity contribution in [3.63, 3.8) is 0 Å². The molecule has 0 saturated carbocycles. The Balaban J connectivity index is 0.00000364. The lowest BCUT2D eigenvalue weighted by Crippen LogP contribution is -2.31. The van der Waals surface area contributed by atoms with Gasteiger partial charge in [-0.3, -0.25) is 4.79 Å². The summed E-state index contributed by atoms with van der Waals surface area (Å²) in [6.45, 7) is 6.19. The lowest BCUT2D eigenvalue weighted by Gasteiger charge is -2.22. The van der Waals surface area contributed by atoms with E-state index in [1.807, 2.05) is 12.1 Å². The monoisotopic (exact) mass is 417 g/mol. The van der Waals surface area contributed by atoms with Crippen LogP contribution in [0.25, 0.3) is 0 Å². The van der Waals surface area contributed by atoms with Crippen LogP contribution in [-0.2, 0) is 27.1 Å². The van der Waals surface area contributed by atoms with Crippen LogP contribution in [0, 0.1) is 5.92 Å². The second kappa shape index (κ2) is 11.6. The number of hydrogen-bond donors (Lipinski definition) is 3. The zero-order chi connectivity index (χ0) is 19.0. The molecule has 1 heterocycles. The van der Waals surface area contributed by atoms with Crippen LogP contribution in [0.2, 0.25) is 0 Å². The van der Waals surface area contributed by atoms with E-state index in [1.54, 1.807) is 26.0 Å². The normalized spacial score (nSPS) is 15.4. The van der Waals surface area contributed by atoms with Gasteiger partial charge in [0.05, 0.1) is 5.75 Å². The minimum Gasteiger partial charge on any atom is -0.352 e. The highest BCUT2D eigenvalue weighted by molar-refractivity contribution is 7.88. The van der Waals surface area contributed by atoms with E-state index < -0.39 is 10.0 Å². The molecule has 0 spiro atoms. The summed E-state index contributed by atoms with van der Waals surface area (Å²) in [6, 6.07) is 7.23. The van der Waals surface area contributed by atoms with E-state index in [-0.39, 0.29) is 30.1 Å². The highest BCUT2D eigenvalue weighted by Gasteiger charge is 2.15. The van der Waals surface area contributed by atoms with Crippen LogP contribution in [-0.4, -0.2) is 33.5 Å². The first-order chi connectivity index (χ1) is 12.3. The maximum absolute atomic E-state index is 12.0. The Kier molecular flexibility index (Phi) is 10.3. The molecule has 6 nitrogen and oxygen atoms in total. The minimum absolute atomic E-state index is 0. The van der Waals surface area contributed by atoms with Gasteiger partial charge in [-0.1, -0.05) is 24.3 Å². The molecule has 0 unspecified atom stereocenters. The van der Waals surface area contributed by atoms with Gasteiger partial charge in [0.2, 0.25) is 15.9 Å². The molecule has 1 aliphatic heterocycles. The molecule has 1 amide bonds. The van der Waals surface area contributed by atoms with E-state index in [4.69, 9.17) is 0 Å². The van der Waals surface area contributed by atoms with E-state index in [9.17, 15) is 13.2 Å². The molecular weight excluding hydrogens is 386 g/mol. The second-order valence-corrected chi connectivity index (χ2v) is 9.11. The first-order valence-corrected chi connectivity index (χ1v) is 11.0. The van der Waals surface area contributed by atoms with Gasteiger partial charge in [0.15, 0.2) is 0 Å². The van der Waals surface area contributed by atoms with Crippen molar-refractivity contribution in [3.8, 4) is 0 Å². The summed E-state index contributed by atoms with van der Waals surface area (Å²) in [6.07, 6.45) is 3.83. The highest BCUT2D eigenvalue weighted by atomic mass is 35.5. The predicted molar refractivity (Wildman–Crippen MR) is 111 cm³/mol. The first-order valence-electron chi connectivity index (χ1n) is 9.39. The topological polar surface area (TPSA) is 87.3 Å². The molecule has 1 fully saturated rings. The number of hydrogen-bond acceptors (Lipinski definition) is 4.